The molecule has 2 fully saturated rings. The molecule has 2 aromatic carbocycles. The molecule has 2 aromatic heterocycles. The molecule has 2 unspecified atom stereocenters. The van der Waals surface area contributed by atoms with Gasteiger partial charge in [-0.1, -0.05) is 24.3 Å². The minimum absolute atomic E-state index is 0.173. The van der Waals surface area contributed by atoms with Gasteiger partial charge in [-0.2, -0.15) is 18.3 Å². The summed E-state index contributed by atoms with van der Waals surface area (Å²) in [7, 11) is 0. The highest BCUT2D eigenvalue weighted by Crippen LogP contribution is 2.57. The third kappa shape index (κ3) is 4.82. The lowest BCUT2D eigenvalue weighted by molar-refractivity contribution is -0.380. The van der Waals surface area contributed by atoms with Crippen molar-refractivity contribution in [3.05, 3.63) is 71.2 Å². The van der Waals surface area contributed by atoms with Gasteiger partial charge in [-0.05, 0) is 50.5 Å². The predicted molar refractivity (Wildman–Crippen MR) is 161 cm³/mol. The van der Waals surface area contributed by atoms with Crippen LogP contribution in [-0.2, 0) is 21.6 Å². The van der Waals surface area contributed by atoms with Crippen LogP contribution in [-0.4, -0.2) is 74.0 Å². The number of ether oxygens (including phenoxy) is 2. The maximum atomic E-state index is 14.6. The summed E-state index contributed by atoms with van der Waals surface area (Å²) in [5.74, 6) is 0.210. The monoisotopic (exact) mass is 635 g/mol. The average molecular weight is 636 g/mol. The Morgan fingerprint density at radius 1 is 1.17 bits per heavy atom. The first-order chi connectivity index (χ1) is 21.9. The number of aryl methyl sites for hydroxylation is 1. The highest BCUT2D eigenvalue weighted by molar-refractivity contribution is 5.98. The summed E-state index contributed by atoms with van der Waals surface area (Å²) >= 11 is 0. The van der Waals surface area contributed by atoms with Crippen LogP contribution in [0.2, 0.25) is 0 Å². The molecule has 4 aromatic rings. The number of primary amides is 1. The van der Waals surface area contributed by atoms with E-state index in [1.54, 1.807) is 44.2 Å². The number of likely N-dealkylation sites (tertiary alicyclic amines) is 1. The Hall–Kier alpha value is -4.72. The Labute approximate surface area is 261 Å². The lowest BCUT2D eigenvalue weighted by Gasteiger charge is -2.55. The second kappa shape index (κ2) is 10.7. The largest absolute Gasteiger partial charge is 0.493 e. The molecule has 5 heterocycles. The molecular formula is C32H32F3N7O4. The van der Waals surface area contributed by atoms with E-state index in [0.717, 1.165) is 5.56 Å². The molecule has 3 N–H and O–H groups in total. The van der Waals surface area contributed by atoms with Crippen LogP contribution >= 0.6 is 0 Å². The van der Waals surface area contributed by atoms with Crippen LogP contribution < -0.4 is 15.8 Å². The fraction of sp³-hybridized carbons (Fsp3) is 0.406. The highest BCUT2D eigenvalue weighted by Gasteiger charge is 2.68. The number of nitrogens with two attached hydrogens (primary N) is 1. The molecular weight excluding hydrogens is 603 g/mol. The van der Waals surface area contributed by atoms with E-state index in [9.17, 15) is 22.8 Å². The van der Waals surface area contributed by atoms with Gasteiger partial charge in [-0.25, -0.2) is 14.6 Å². The van der Waals surface area contributed by atoms with Gasteiger partial charge in [0.15, 0.2) is 11.2 Å². The van der Waals surface area contributed by atoms with Crippen molar-refractivity contribution in [3.8, 4) is 11.4 Å². The fourth-order valence-electron chi connectivity index (χ4n) is 6.92. The summed E-state index contributed by atoms with van der Waals surface area (Å²) < 4.78 is 56.9. The summed E-state index contributed by atoms with van der Waals surface area (Å²) in [4.78, 5) is 35.5. The summed E-state index contributed by atoms with van der Waals surface area (Å²) in [6.45, 7) is 3.61. The summed E-state index contributed by atoms with van der Waals surface area (Å²) in [6, 6.07) is 11.5. The number of hydrogen-bond acceptors (Lipinski definition) is 8. The van der Waals surface area contributed by atoms with Crippen molar-refractivity contribution in [2.24, 2.45) is 5.73 Å². The van der Waals surface area contributed by atoms with E-state index in [4.69, 9.17) is 15.2 Å². The van der Waals surface area contributed by atoms with Gasteiger partial charge < -0.3 is 25.4 Å². The summed E-state index contributed by atoms with van der Waals surface area (Å²) in [5, 5.41) is 7.71. The Bertz CT molecular complexity index is 1870. The Balaban J connectivity index is 1.15. The van der Waals surface area contributed by atoms with E-state index in [1.165, 1.54) is 15.8 Å². The molecule has 3 atom stereocenters. The maximum absolute atomic E-state index is 14.6. The molecule has 240 valence electrons. The lowest BCUT2D eigenvalue weighted by Crippen LogP contribution is -2.67. The zero-order chi connectivity index (χ0) is 32.4. The molecule has 2 amide bonds. The van der Waals surface area contributed by atoms with Crippen LogP contribution in [0.15, 0.2) is 48.7 Å². The van der Waals surface area contributed by atoms with Crippen molar-refractivity contribution in [3.63, 3.8) is 0 Å². The molecule has 3 aliphatic rings. The number of carbonyl (C=O) groups excluding carboxylic acids is 2. The smallest absolute Gasteiger partial charge is 0.419 e. The molecule has 14 heteroatoms. The average Bonchev–Trinajstić information content (AvgIpc) is 3.77. The van der Waals surface area contributed by atoms with Crippen molar-refractivity contribution in [2.75, 3.05) is 25.0 Å². The first kappa shape index (κ1) is 30.0. The molecule has 2 saturated heterocycles. The van der Waals surface area contributed by atoms with Crippen LogP contribution in [0.4, 0.5) is 19.0 Å². The molecule has 0 aliphatic carbocycles. The number of fused-ring (bicyclic) bond motifs is 2. The van der Waals surface area contributed by atoms with Crippen LogP contribution in [0, 0.1) is 6.92 Å². The van der Waals surface area contributed by atoms with E-state index in [-0.39, 0.29) is 18.1 Å². The summed E-state index contributed by atoms with van der Waals surface area (Å²) in [6.07, 6.45) is -1.62. The number of rotatable bonds is 7. The van der Waals surface area contributed by atoms with Crippen molar-refractivity contribution >= 4 is 28.7 Å². The molecule has 0 radical (unpaired) electrons. The number of halogens is 3. The molecule has 0 spiro atoms. The molecule has 11 nitrogen and oxygen atoms in total. The number of alkyl halides is 3. The SMILES string of the molecule is Cc1nc(NCC2(C(F)(F)F)CC(C)(c3cccc4c3OCC4)O2)c2cnn(-c3cccc(C(=O)N4CCC[C@@H]4C(N)=O)c3)c2n1. The maximum Gasteiger partial charge on any atom is 0.419 e. The van der Waals surface area contributed by atoms with Crippen molar-refractivity contribution in [1.29, 1.82) is 0 Å². The number of amides is 2. The topological polar surface area (TPSA) is 137 Å². The molecule has 7 rings (SSSR count). The van der Waals surface area contributed by atoms with Gasteiger partial charge in [0.1, 0.15) is 23.4 Å². The van der Waals surface area contributed by atoms with Gasteiger partial charge >= 0.3 is 6.18 Å². The number of carbonyl (C=O) groups is 2. The first-order valence-corrected chi connectivity index (χ1v) is 15.1. The van der Waals surface area contributed by atoms with E-state index in [0.29, 0.717) is 71.8 Å². The number of aromatic nitrogens is 4. The third-order valence-corrected chi connectivity index (χ3v) is 9.11. The zero-order valence-corrected chi connectivity index (χ0v) is 25.2. The first-order valence-electron chi connectivity index (χ1n) is 15.1. The van der Waals surface area contributed by atoms with E-state index in [1.807, 2.05) is 12.1 Å². The quantitative estimate of drug-likeness (QED) is 0.308. The second-order valence-corrected chi connectivity index (χ2v) is 12.3. The van der Waals surface area contributed by atoms with Crippen molar-refractivity contribution in [2.45, 2.75) is 63.0 Å². The zero-order valence-electron chi connectivity index (χ0n) is 25.2. The highest BCUT2D eigenvalue weighted by atomic mass is 19.4. The minimum Gasteiger partial charge on any atom is -0.493 e. The third-order valence-electron chi connectivity index (χ3n) is 9.11. The Morgan fingerprint density at radius 3 is 2.72 bits per heavy atom. The van der Waals surface area contributed by atoms with Gasteiger partial charge in [0.25, 0.3) is 5.91 Å². The van der Waals surface area contributed by atoms with Crippen LogP contribution in [0.1, 0.15) is 53.5 Å². The van der Waals surface area contributed by atoms with E-state index < -0.39 is 35.9 Å². The van der Waals surface area contributed by atoms with E-state index in [2.05, 4.69) is 20.4 Å². The van der Waals surface area contributed by atoms with Gasteiger partial charge in [0.2, 0.25) is 5.91 Å². The van der Waals surface area contributed by atoms with Crippen LogP contribution in [0.25, 0.3) is 16.7 Å². The Morgan fingerprint density at radius 2 is 1.96 bits per heavy atom. The van der Waals surface area contributed by atoms with E-state index >= 15 is 0 Å². The molecule has 0 saturated carbocycles. The van der Waals surface area contributed by atoms with Crippen LogP contribution in [0.3, 0.4) is 0 Å². The molecule has 0 bridgehead atoms. The number of nitrogens with zero attached hydrogens (tertiary/aromatic N) is 5. The standard InChI is InChI=1S/C32H32F3N7O4/c1-18-39-27(37-17-31(32(33,34)35)16-30(2,46-31)23-9-4-6-19-11-13-45-25(19)23)22-15-38-42(28(22)40-18)21-8-3-7-20(14-21)29(44)41-12-5-10-24(41)26(36)43/h3-4,6-9,14-15,24H,5,10-13,16-17H2,1-2H3,(H2,36,43)(H,37,39,40)/t24-,30?,31?/m1/s1. The number of hydrogen-bond donors (Lipinski definition) is 2. The minimum atomic E-state index is -4.67. The van der Waals surface area contributed by atoms with Gasteiger partial charge in [0, 0.05) is 30.5 Å². The lowest BCUT2D eigenvalue weighted by atomic mass is 9.74. The fourth-order valence-corrected chi connectivity index (χ4v) is 6.92. The number of para-hydroxylation sites is 1. The second-order valence-electron chi connectivity index (χ2n) is 12.3. The predicted octanol–water partition coefficient (Wildman–Crippen LogP) is 4.20. The van der Waals surface area contributed by atoms with Crippen molar-refractivity contribution < 1.29 is 32.2 Å². The normalized spacial score (nSPS) is 24.0. The Kier molecular flexibility index (Phi) is 6.96. The number of nitrogens with one attached hydrogen (secondary N) is 1. The van der Waals surface area contributed by atoms with Gasteiger partial charge in [-0.15, -0.1) is 0 Å². The molecule has 3 aliphatic heterocycles. The van der Waals surface area contributed by atoms with Crippen LogP contribution in [0.5, 0.6) is 5.75 Å². The number of anilines is 1. The van der Waals surface area contributed by atoms with Gasteiger partial charge in [-0.3, -0.25) is 9.59 Å². The molecule has 46 heavy (non-hydrogen) atoms. The van der Waals surface area contributed by atoms with Crippen molar-refractivity contribution in [1.82, 2.24) is 24.6 Å². The number of benzene rings is 2. The van der Waals surface area contributed by atoms with Gasteiger partial charge in [0.05, 0.1) is 36.0 Å². The summed E-state index contributed by atoms with van der Waals surface area (Å²) in [5.41, 5.74) is 4.62.